The largest absolute Gasteiger partial charge is 0.478 e. The van der Waals surface area contributed by atoms with Gasteiger partial charge in [-0.1, -0.05) is 51.2 Å². The summed E-state index contributed by atoms with van der Waals surface area (Å²) < 4.78 is 0. The van der Waals surface area contributed by atoms with Crippen molar-refractivity contribution < 1.29 is 19.5 Å². The number of benzene rings is 1. The Kier molecular flexibility index (Phi) is 8.72. The number of nitrogens with one attached hydrogen (secondary N) is 2. The molecule has 0 saturated heterocycles. The summed E-state index contributed by atoms with van der Waals surface area (Å²) in [5, 5.41) is 14.2. The number of unbranched alkanes of at least 4 members (excludes halogenated alkanes) is 5. The lowest BCUT2D eigenvalue weighted by atomic mass is 10.1. The van der Waals surface area contributed by atoms with Gasteiger partial charge in [0, 0.05) is 30.3 Å². The van der Waals surface area contributed by atoms with Crippen molar-refractivity contribution in [3.05, 3.63) is 42.0 Å². The molecule has 152 valence electrons. The van der Waals surface area contributed by atoms with Gasteiger partial charge in [-0.2, -0.15) is 0 Å². The Hall–Kier alpha value is -2.63. The van der Waals surface area contributed by atoms with Crippen LogP contribution in [0.1, 0.15) is 63.4 Å². The van der Waals surface area contributed by atoms with E-state index in [-0.39, 0.29) is 17.7 Å². The summed E-state index contributed by atoms with van der Waals surface area (Å²) in [5.74, 6) is -1.25. The van der Waals surface area contributed by atoms with Crippen molar-refractivity contribution in [2.75, 3.05) is 11.9 Å². The van der Waals surface area contributed by atoms with Gasteiger partial charge in [0.05, 0.1) is 0 Å². The molecule has 1 fully saturated rings. The maximum Gasteiger partial charge on any atom is 0.328 e. The van der Waals surface area contributed by atoms with E-state index in [1.807, 2.05) is 12.1 Å². The lowest BCUT2D eigenvalue weighted by molar-refractivity contribution is -0.131. The molecule has 0 unspecified atom stereocenters. The average molecular weight is 386 g/mol. The van der Waals surface area contributed by atoms with E-state index >= 15 is 0 Å². The van der Waals surface area contributed by atoms with Gasteiger partial charge in [0.2, 0.25) is 11.8 Å². The molecule has 0 heterocycles. The highest BCUT2D eigenvalue weighted by Crippen LogP contribution is 2.47. The average Bonchev–Trinajstić information content (AvgIpc) is 3.47. The SMILES string of the molecule is CCCCCCCCNC(=O)[C@@H]1C[C@H]1c1ccc(NC(=O)/C=C\C(=O)O)cc1. The van der Waals surface area contributed by atoms with Gasteiger partial charge in [0.1, 0.15) is 0 Å². The number of carbonyl (C=O) groups excluding carboxylic acids is 2. The Balaban J connectivity index is 1.69. The first-order chi connectivity index (χ1) is 13.5. The number of carboxylic acid groups (broad SMARTS) is 1. The van der Waals surface area contributed by atoms with E-state index in [9.17, 15) is 14.4 Å². The third-order valence-corrected chi connectivity index (χ3v) is 4.94. The monoisotopic (exact) mass is 386 g/mol. The molecule has 1 saturated carbocycles. The Labute approximate surface area is 166 Å². The fraction of sp³-hybridized carbons (Fsp3) is 0.500. The quantitative estimate of drug-likeness (QED) is 0.376. The van der Waals surface area contributed by atoms with Crippen LogP contribution in [0, 0.1) is 5.92 Å². The minimum absolute atomic E-state index is 0.0408. The maximum absolute atomic E-state index is 12.2. The molecule has 2 rings (SSSR count). The summed E-state index contributed by atoms with van der Waals surface area (Å²) >= 11 is 0. The fourth-order valence-corrected chi connectivity index (χ4v) is 3.25. The Morgan fingerprint density at radius 3 is 2.39 bits per heavy atom. The zero-order valence-corrected chi connectivity index (χ0v) is 16.4. The van der Waals surface area contributed by atoms with Crippen LogP contribution >= 0.6 is 0 Å². The molecule has 1 aromatic carbocycles. The first kappa shape index (κ1) is 21.7. The third-order valence-electron chi connectivity index (χ3n) is 4.94. The first-order valence-corrected chi connectivity index (χ1v) is 10.1. The molecular weight excluding hydrogens is 356 g/mol. The van der Waals surface area contributed by atoms with Gasteiger partial charge in [0.15, 0.2) is 0 Å². The van der Waals surface area contributed by atoms with Crippen molar-refractivity contribution in [3.8, 4) is 0 Å². The molecule has 0 bridgehead atoms. The number of aliphatic carboxylic acids is 1. The van der Waals surface area contributed by atoms with Crippen LogP contribution in [0.4, 0.5) is 5.69 Å². The number of carbonyl (C=O) groups is 3. The summed E-state index contributed by atoms with van der Waals surface area (Å²) in [6.45, 7) is 2.96. The molecule has 6 heteroatoms. The van der Waals surface area contributed by atoms with Crippen LogP contribution in [-0.2, 0) is 14.4 Å². The second kappa shape index (κ2) is 11.3. The van der Waals surface area contributed by atoms with E-state index in [0.29, 0.717) is 5.69 Å². The lowest BCUT2D eigenvalue weighted by Gasteiger charge is -2.06. The van der Waals surface area contributed by atoms with E-state index in [2.05, 4.69) is 17.6 Å². The number of hydrogen-bond donors (Lipinski definition) is 3. The second-order valence-corrected chi connectivity index (χ2v) is 7.29. The zero-order valence-electron chi connectivity index (χ0n) is 16.4. The smallest absolute Gasteiger partial charge is 0.328 e. The molecule has 0 radical (unpaired) electrons. The molecule has 1 aliphatic rings. The highest BCUT2D eigenvalue weighted by molar-refractivity contribution is 6.02. The minimum atomic E-state index is -1.17. The maximum atomic E-state index is 12.2. The van der Waals surface area contributed by atoms with Crippen LogP contribution in [0.15, 0.2) is 36.4 Å². The van der Waals surface area contributed by atoms with Gasteiger partial charge in [-0.25, -0.2) is 4.79 Å². The molecule has 0 spiro atoms. The summed E-state index contributed by atoms with van der Waals surface area (Å²) in [6, 6.07) is 7.35. The van der Waals surface area contributed by atoms with Crippen LogP contribution < -0.4 is 10.6 Å². The number of anilines is 1. The zero-order chi connectivity index (χ0) is 20.4. The van der Waals surface area contributed by atoms with Crippen molar-refractivity contribution in [1.29, 1.82) is 0 Å². The van der Waals surface area contributed by atoms with Crippen LogP contribution in [0.3, 0.4) is 0 Å². The van der Waals surface area contributed by atoms with Crippen molar-refractivity contribution in [2.24, 2.45) is 5.92 Å². The van der Waals surface area contributed by atoms with Crippen molar-refractivity contribution in [1.82, 2.24) is 5.32 Å². The molecule has 0 aliphatic heterocycles. The minimum Gasteiger partial charge on any atom is -0.478 e. The molecule has 2 amide bonds. The summed E-state index contributed by atoms with van der Waals surface area (Å²) in [6.07, 6.45) is 9.89. The molecule has 1 aliphatic carbocycles. The summed E-state index contributed by atoms with van der Waals surface area (Å²) in [4.78, 5) is 34.2. The van der Waals surface area contributed by atoms with Gasteiger partial charge in [-0.05, 0) is 36.5 Å². The second-order valence-electron chi connectivity index (χ2n) is 7.29. The number of carboxylic acids is 1. The van der Waals surface area contributed by atoms with E-state index in [0.717, 1.165) is 37.1 Å². The van der Waals surface area contributed by atoms with E-state index in [1.165, 1.54) is 32.1 Å². The normalized spacial score (nSPS) is 18.0. The fourth-order valence-electron chi connectivity index (χ4n) is 3.25. The predicted octanol–water partition coefficient (Wildman–Crippen LogP) is 3.85. The molecule has 2 atom stereocenters. The van der Waals surface area contributed by atoms with Crippen LogP contribution in [-0.4, -0.2) is 29.4 Å². The highest BCUT2D eigenvalue weighted by atomic mass is 16.4. The predicted molar refractivity (Wildman–Crippen MR) is 109 cm³/mol. The third kappa shape index (κ3) is 7.55. The lowest BCUT2D eigenvalue weighted by Crippen LogP contribution is -2.26. The molecule has 1 aromatic rings. The number of hydrogen-bond acceptors (Lipinski definition) is 3. The van der Waals surface area contributed by atoms with E-state index in [4.69, 9.17) is 5.11 Å². The van der Waals surface area contributed by atoms with Crippen LogP contribution in [0.2, 0.25) is 0 Å². The van der Waals surface area contributed by atoms with E-state index < -0.39 is 11.9 Å². The number of rotatable bonds is 12. The van der Waals surface area contributed by atoms with Gasteiger partial charge >= 0.3 is 5.97 Å². The standard InChI is InChI=1S/C22H30N2O4/c1-2-3-4-5-6-7-14-23-22(28)19-15-18(19)16-8-10-17(11-9-16)24-20(25)12-13-21(26)27/h8-13,18-19H,2-7,14-15H2,1H3,(H,23,28)(H,24,25)(H,26,27)/b13-12-/t18-,19+/m0/s1. The highest BCUT2D eigenvalue weighted by Gasteiger charge is 2.43. The molecule has 6 nitrogen and oxygen atoms in total. The van der Waals surface area contributed by atoms with Crippen molar-refractivity contribution >= 4 is 23.5 Å². The van der Waals surface area contributed by atoms with Gasteiger partial charge < -0.3 is 15.7 Å². The van der Waals surface area contributed by atoms with Crippen molar-refractivity contribution in [3.63, 3.8) is 0 Å². The molecular formula is C22H30N2O4. The van der Waals surface area contributed by atoms with Crippen molar-refractivity contribution in [2.45, 2.75) is 57.8 Å². The Morgan fingerprint density at radius 1 is 1.04 bits per heavy atom. The van der Waals surface area contributed by atoms with Crippen LogP contribution in [0.25, 0.3) is 0 Å². The topological polar surface area (TPSA) is 95.5 Å². The first-order valence-electron chi connectivity index (χ1n) is 10.1. The molecule has 3 N–H and O–H groups in total. The van der Waals surface area contributed by atoms with E-state index in [1.54, 1.807) is 12.1 Å². The van der Waals surface area contributed by atoms with Gasteiger partial charge in [-0.3, -0.25) is 9.59 Å². The van der Waals surface area contributed by atoms with Gasteiger partial charge in [0.25, 0.3) is 0 Å². The molecule has 0 aromatic heterocycles. The molecule has 28 heavy (non-hydrogen) atoms. The van der Waals surface area contributed by atoms with Crippen LogP contribution in [0.5, 0.6) is 0 Å². The summed E-state index contributed by atoms with van der Waals surface area (Å²) in [7, 11) is 0. The van der Waals surface area contributed by atoms with Gasteiger partial charge in [-0.15, -0.1) is 0 Å². The Bertz CT molecular complexity index is 697. The Morgan fingerprint density at radius 2 is 1.71 bits per heavy atom. The number of amides is 2. The summed E-state index contributed by atoms with van der Waals surface area (Å²) in [5.41, 5.74) is 1.67.